The van der Waals surface area contributed by atoms with Gasteiger partial charge in [0.25, 0.3) is 0 Å². The summed E-state index contributed by atoms with van der Waals surface area (Å²) in [5, 5.41) is 8.42. The first-order valence-corrected chi connectivity index (χ1v) is 2.93. The zero-order valence-electron chi connectivity index (χ0n) is 9.36. The summed E-state index contributed by atoms with van der Waals surface area (Å²) < 4.78 is 20.5. The van der Waals surface area contributed by atoms with Crippen LogP contribution in [0.15, 0.2) is 0 Å². The van der Waals surface area contributed by atoms with Crippen molar-refractivity contribution in [1.82, 2.24) is 0 Å². The molecule has 0 bridgehead atoms. The Hall–Kier alpha value is -0.530. The quantitative estimate of drug-likeness (QED) is 0.552. The first kappa shape index (κ1) is 5.27. The average Bonchev–Trinajstić information content (AvgIpc) is 1.89. The van der Waals surface area contributed by atoms with Crippen LogP contribution in [-0.4, -0.2) is 11.1 Å². The van der Waals surface area contributed by atoms with Gasteiger partial charge in [-0.3, -0.25) is 4.79 Å². The van der Waals surface area contributed by atoms with E-state index < -0.39 is 18.2 Å². The van der Waals surface area contributed by atoms with E-state index in [-0.39, 0.29) is 0 Å². The molecule has 0 aliphatic carbocycles. The lowest BCUT2D eigenvalue weighted by Crippen LogP contribution is -2.18. The van der Waals surface area contributed by atoms with Crippen molar-refractivity contribution in [3.63, 3.8) is 0 Å². The molecule has 2 nitrogen and oxygen atoms in total. The molecule has 2 heteroatoms. The van der Waals surface area contributed by atoms with Crippen LogP contribution in [0.3, 0.4) is 0 Å². The second kappa shape index (κ2) is 4.36. The molecule has 9 heavy (non-hydrogen) atoms. The lowest BCUT2D eigenvalue weighted by Gasteiger charge is -2.08. The van der Waals surface area contributed by atoms with Crippen LogP contribution in [0.4, 0.5) is 0 Å². The van der Waals surface area contributed by atoms with Crippen LogP contribution < -0.4 is 0 Å². The number of aliphatic carboxylic acids is 1. The zero-order chi connectivity index (χ0) is 10.6. The van der Waals surface area contributed by atoms with Crippen LogP contribution in [0, 0.1) is 5.41 Å². The molecule has 0 aromatic carbocycles. The highest BCUT2D eigenvalue weighted by Gasteiger charge is 2.18. The Labute approximate surface area is 61.1 Å². The molecule has 0 saturated carbocycles. The molecule has 0 heterocycles. The fourth-order valence-corrected chi connectivity index (χ4v) is 0. The number of hydrogen-bond donors (Lipinski definition) is 1. The first-order valence-electron chi connectivity index (χ1n) is 4.43. The van der Waals surface area contributed by atoms with Crippen molar-refractivity contribution >= 4 is 5.97 Å². The summed E-state index contributed by atoms with van der Waals surface area (Å²) in [4.78, 5) is 10.3. The highest BCUT2D eigenvalue weighted by Crippen LogP contribution is 2.11. The lowest BCUT2D eigenvalue weighted by atomic mass is 9.98. The van der Waals surface area contributed by atoms with Crippen LogP contribution in [0.2, 0.25) is 0 Å². The van der Waals surface area contributed by atoms with Crippen LogP contribution in [0.1, 0.15) is 38.7 Å². The minimum absolute atomic E-state index is 1.18. The number of hydrogen-bond acceptors (Lipinski definition) is 1. The molecule has 0 spiro atoms. The molecule has 0 rings (SSSR count). The Morgan fingerprint density at radius 1 is 1.56 bits per heavy atom. The van der Waals surface area contributed by atoms with E-state index in [2.05, 4.69) is 0 Å². The van der Waals surface area contributed by atoms with Crippen molar-refractivity contribution in [2.24, 2.45) is 5.41 Å². The topological polar surface area (TPSA) is 37.3 Å². The Kier molecular flexibility index (Phi) is 2.55. The summed E-state index contributed by atoms with van der Waals surface area (Å²) in [6, 6.07) is 0. The third kappa shape index (κ3) is 7.47. The Morgan fingerprint density at radius 2 is 1.89 bits per heavy atom. The van der Waals surface area contributed by atoms with Gasteiger partial charge in [-0.1, -0.05) is 13.8 Å². The van der Waals surface area contributed by atoms with Gasteiger partial charge >= 0.3 is 5.97 Å². The first-order chi connectivity index (χ1) is 5.19. The summed E-state index contributed by atoms with van der Waals surface area (Å²) in [5.74, 6) is -1.30. The van der Waals surface area contributed by atoms with E-state index >= 15 is 0 Å². The van der Waals surface area contributed by atoms with E-state index in [1.807, 2.05) is 13.8 Å². The average molecular weight is 135 g/mol. The molecule has 0 amide bonds. The number of carbonyl (C=O) groups is 1. The number of carboxylic acid groups (broad SMARTS) is 1. The molecule has 0 saturated heterocycles. The molecule has 0 aliphatic rings. The highest BCUT2D eigenvalue weighted by atomic mass is 16.4. The van der Waals surface area contributed by atoms with Gasteiger partial charge in [-0.15, -0.1) is 0 Å². The summed E-state index contributed by atoms with van der Waals surface area (Å²) in [7, 11) is 0. The largest absolute Gasteiger partial charge is 0.481 e. The van der Waals surface area contributed by atoms with Gasteiger partial charge in [-0.25, -0.2) is 0 Å². The van der Waals surface area contributed by atoms with E-state index in [1.165, 1.54) is 13.8 Å². The van der Waals surface area contributed by atoms with E-state index in [1.54, 1.807) is 0 Å². The predicted molar refractivity (Wildman–Crippen MR) is 38.4 cm³/mol. The van der Waals surface area contributed by atoms with E-state index in [9.17, 15) is 4.79 Å². The summed E-state index contributed by atoms with van der Waals surface area (Å²) in [6.45, 7) is 3.93. The minimum Gasteiger partial charge on any atom is -0.481 e. The SMILES string of the molecule is CC.[2H]C([2H])([2H])C(C)(C)C(=O)O. The van der Waals surface area contributed by atoms with Gasteiger partial charge in [0.15, 0.2) is 0 Å². The van der Waals surface area contributed by atoms with Crippen LogP contribution in [0.5, 0.6) is 0 Å². The maximum absolute atomic E-state index is 10.3. The van der Waals surface area contributed by atoms with Gasteiger partial charge < -0.3 is 5.11 Å². The third-order valence-electron chi connectivity index (χ3n) is 0.535. The van der Waals surface area contributed by atoms with Gasteiger partial charge in [-0.05, 0) is 20.7 Å². The van der Waals surface area contributed by atoms with Gasteiger partial charge in [0, 0.05) is 4.11 Å². The standard InChI is InChI=1S/C5H10O2.C2H6/c1-5(2,3)4(6)7;1-2/h1-3H3,(H,6,7);1-2H3/i1D3;. The Morgan fingerprint density at radius 3 is 1.89 bits per heavy atom. The molecular weight excluding hydrogens is 116 g/mol. The lowest BCUT2D eigenvalue weighted by molar-refractivity contribution is -0.145. The summed E-state index contributed by atoms with van der Waals surface area (Å²) in [5.41, 5.74) is -1.65. The molecule has 0 radical (unpaired) electrons. The molecule has 0 aromatic rings. The van der Waals surface area contributed by atoms with Gasteiger partial charge in [0.2, 0.25) is 0 Å². The number of carboxylic acids is 1. The second-order valence-electron chi connectivity index (χ2n) is 1.93. The maximum atomic E-state index is 10.3. The monoisotopic (exact) mass is 135 g/mol. The van der Waals surface area contributed by atoms with Gasteiger partial charge in [-0.2, -0.15) is 0 Å². The Balaban J connectivity index is 0. The maximum Gasteiger partial charge on any atom is 0.308 e. The normalized spacial score (nSPS) is 15.8. The molecule has 56 valence electrons. The van der Waals surface area contributed by atoms with Gasteiger partial charge in [0.1, 0.15) is 0 Å². The minimum atomic E-state index is -2.43. The van der Waals surface area contributed by atoms with E-state index in [4.69, 9.17) is 9.22 Å². The van der Waals surface area contributed by atoms with Crippen LogP contribution in [-0.2, 0) is 4.79 Å². The molecular formula is C7H16O2. The van der Waals surface area contributed by atoms with E-state index in [0.29, 0.717) is 0 Å². The number of rotatable bonds is 0. The Bertz CT molecular complexity index is 149. The second-order valence-corrected chi connectivity index (χ2v) is 1.93. The summed E-state index contributed by atoms with van der Waals surface area (Å²) in [6.07, 6.45) is 0. The third-order valence-corrected chi connectivity index (χ3v) is 0.535. The zero-order valence-corrected chi connectivity index (χ0v) is 6.36. The molecule has 0 aromatic heterocycles. The van der Waals surface area contributed by atoms with E-state index in [0.717, 1.165) is 0 Å². The van der Waals surface area contributed by atoms with Crippen molar-refractivity contribution in [3.8, 4) is 0 Å². The molecule has 1 N–H and O–H groups in total. The van der Waals surface area contributed by atoms with Crippen molar-refractivity contribution in [1.29, 1.82) is 0 Å². The van der Waals surface area contributed by atoms with Crippen molar-refractivity contribution in [2.75, 3.05) is 0 Å². The summed E-state index contributed by atoms with van der Waals surface area (Å²) >= 11 is 0. The predicted octanol–water partition coefficient (Wildman–Crippen LogP) is 2.14. The fourth-order valence-electron chi connectivity index (χ4n) is 0. The molecule has 0 atom stereocenters. The smallest absolute Gasteiger partial charge is 0.308 e. The fraction of sp³-hybridized carbons (Fsp3) is 0.857. The highest BCUT2D eigenvalue weighted by molar-refractivity contribution is 5.72. The van der Waals surface area contributed by atoms with Crippen molar-refractivity contribution in [3.05, 3.63) is 0 Å². The van der Waals surface area contributed by atoms with Crippen molar-refractivity contribution < 1.29 is 14.0 Å². The van der Waals surface area contributed by atoms with Crippen molar-refractivity contribution in [2.45, 2.75) is 34.5 Å². The van der Waals surface area contributed by atoms with Gasteiger partial charge in [0.05, 0.1) is 5.41 Å². The molecule has 0 fully saturated rings. The molecule has 0 unspecified atom stereocenters. The van der Waals surface area contributed by atoms with Crippen LogP contribution in [0.25, 0.3) is 0 Å². The molecule has 0 aliphatic heterocycles. The van der Waals surface area contributed by atoms with Crippen LogP contribution >= 0.6 is 0 Å².